The van der Waals surface area contributed by atoms with Crippen molar-refractivity contribution in [1.29, 1.82) is 0 Å². The van der Waals surface area contributed by atoms with Gasteiger partial charge in [-0.3, -0.25) is 4.79 Å². The molecule has 0 bridgehead atoms. The number of benzene rings is 2. The van der Waals surface area contributed by atoms with E-state index in [1.54, 1.807) is 19.2 Å². The molecule has 0 saturated carbocycles. The van der Waals surface area contributed by atoms with E-state index in [-0.39, 0.29) is 35.0 Å². The van der Waals surface area contributed by atoms with E-state index in [1.807, 2.05) is 12.1 Å². The summed E-state index contributed by atoms with van der Waals surface area (Å²) in [5, 5.41) is 20.0. The van der Waals surface area contributed by atoms with Crippen LogP contribution < -0.4 is 14.2 Å². The van der Waals surface area contributed by atoms with Crippen molar-refractivity contribution < 1.29 is 29.2 Å². The summed E-state index contributed by atoms with van der Waals surface area (Å²) in [7, 11) is 2.88. The van der Waals surface area contributed by atoms with Crippen molar-refractivity contribution in [1.82, 2.24) is 0 Å². The number of rotatable bonds is 3. The number of Topliss-reactive ketones (excluding diaryl/α,β-unsaturated/α-hetero) is 1. The van der Waals surface area contributed by atoms with Gasteiger partial charge in [-0.15, -0.1) is 0 Å². The second-order valence-corrected chi connectivity index (χ2v) is 5.16. The molecule has 6 heteroatoms. The molecule has 1 aliphatic rings. The number of hydrogen-bond donors (Lipinski definition) is 2. The van der Waals surface area contributed by atoms with Gasteiger partial charge in [0.1, 0.15) is 23.2 Å². The van der Waals surface area contributed by atoms with Gasteiger partial charge in [0.25, 0.3) is 0 Å². The Morgan fingerprint density at radius 2 is 1.83 bits per heavy atom. The topological polar surface area (TPSA) is 85.2 Å². The Labute approximate surface area is 132 Å². The van der Waals surface area contributed by atoms with Gasteiger partial charge in [-0.1, -0.05) is 12.1 Å². The van der Waals surface area contributed by atoms with Crippen LogP contribution in [0.2, 0.25) is 0 Å². The predicted octanol–water partition coefficient (Wildman–Crippen LogP) is 2.82. The maximum absolute atomic E-state index is 12.4. The van der Waals surface area contributed by atoms with E-state index in [1.165, 1.54) is 13.2 Å². The fourth-order valence-corrected chi connectivity index (χ4v) is 2.65. The molecule has 1 atom stereocenters. The molecule has 0 amide bonds. The first-order valence-corrected chi connectivity index (χ1v) is 7.02. The molecule has 0 spiro atoms. The highest BCUT2D eigenvalue weighted by Crippen LogP contribution is 2.48. The minimum Gasteiger partial charge on any atom is -0.504 e. The highest BCUT2D eigenvalue weighted by atomic mass is 16.5. The molecular weight excluding hydrogens is 300 g/mol. The Morgan fingerprint density at radius 3 is 2.43 bits per heavy atom. The number of methoxy groups -OCH3 is 2. The molecule has 0 aliphatic carbocycles. The molecule has 0 radical (unpaired) electrons. The van der Waals surface area contributed by atoms with Crippen molar-refractivity contribution in [2.24, 2.45) is 0 Å². The highest BCUT2D eigenvalue weighted by molar-refractivity contribution is 6.03. The molecule has 1 heterocycles. The fourth-order valence-electron chi connectivity index (χ4n) is 2.65. The first-order chi connectivity index (χ1) is 11.0. The lowest BCUT2D eigenvalue weighted by Crippen LogP contribution is -2.20. The zero-order valence-corrected chi connectivity index (χ0v) is 12.7. The van der Waals surface area contributed by atoms with E-state index >= 15 is 0 Å². The van der Waals surface area contributed by atoms with Gasteiger partial charge in [0.2, 0.25) is 5.75 Å². The maximum atomic E-state index is 12.4. The van der Waals surface area contributed by atoms with Crippen LogP contribution >= 0.6 is 0 Å². The standard InChI is InChI=1S/C17H16O6/c1-21-10-5-3-9(4-6-10)13-7-11(18)15-14(23-13)8-12(19)17(22-2)16(15)20/h3-6,8,13,19-20H,7H2,1-2H3/t13-/m0/s1. The number of phenols is 2. The summed E-state index contributed by atoms with van der Waals surface area (Å²) in [6.45, 7) is 0. The summed E-state index contributed by atoms with van der Waals surface area (Å²) in [6.07, 6.45) is -0.408. The van der Waals surface area contributed by atoms with Crippen LogP contribution in [0.15, 0.2) is 30.3 Å². The third kappa shape index (κ3) is 2.52. The molecule has 1 aliphatic heterocycles. The lowest BCUT2D eigenvalue weighted by molar-refractivity contribution is 0.0843. The number of aromatic hydroxyl groups is 2. The van der Waals surface area contributed by atoms with Crippen molar-refractivity contribution in [3.05, 3.63) is 41.5 Å². The maximum Gasteiger partial charge on any atom is 0.203 e. The van der Waals surface area contributed by atoms with E-state index in [9.17, 15) is 15.0 Å². The average molecular weight is 316 g/mol. The van der Waals surface area contributed by atoms with Crippen LogP contribution in [0.5, 0.6) is 28.7 Å². The van der Waals surface area contributed by atoms with Crippen LogP contribution in [0.4, 0.5) is 0 Å². The van der Waals surface area contributed by atoms with Gasteiger partial charge < -0.3 is 24.4 Å². The second kappa shape index (κ2) is 5.72. The summed E-state index contributed by atoms with van der Waals surface area (Å²) < 4.78 is 15.8. The third-order valence-electron chi connectivity index (χ3n) is 3.81. The summed E-state index contributed by atoms with van der Waals surface area (Å²) >= 11 is 0. The average Bonchev–Trinajstić information content (AvgIpc) is 2.54. The molecule has 3 rings (SSSR count). The molecule has 0 fully saturated rings. The number of carbonyl (C=O) groups excluding carboxylic acids is 1. The van der Waals surface area contributed by atoms with E-state index in [0.717, 1.165) is 5.56 Å². The van der Waals surface area contributed by atoms with E-state index < -0.39 is 11.9 Å². The molecule has 0 unspecified atom stereocenters. The lowest BCUT2D eigenvalue weighted by Gasteiger charge is -2.26. The van der Waals surface area contributed by atoms with Crippen LogP contribution in [-0.2, 0) is 0 Å². The highest BCUT2D eigenvalue weighted by Gasteiger charge is 2.33. The first kappa shape index (κ1) is 15.0. The van der Waals surface area contributed by atoms with Crippen molar-refractivity contribution >= 4 is 5.78 Å². The van der Waals surface area contributed by atoms with Crippen LogP contribution in [0.25, 0.3) is 0 Å². The molecule has 0 saturated heterocycles. The number of phenolic OH excluding ortho intramolecular Hbond substituents is 2. The Hall–Kier alpha value is -2.89. The number of fused-ring (bicyclic) bond motifs is 1. The summed E-state index contributed by atoms with van der Waals surface area (Å²) in [4.78, 5) is 12.4. The molecule has 120 valence electrons. The van der Waals surface area contributed by atoms with Crippen molar-refractivity contribution in [3.63, 3.8) is 0 Å². The molecule has 2 N–H and O–H groups in total. The Kier molecular flexibility index (Phi) is 3.73. The van der Waals surface area contributed by atoms with E-state index in [2.05, 4.69) is 0 Å². The number of carbonyl (C=O) groups is 1. The summed E-state index contributed by atoms with van der Waals surface area (Å²) in [5.41, 5.74) is 0.837. The van der Waals surface area contributed by atoms with Gasteiger partial charge >= 0.3 is 0 Å². The van der Waals surface area contributed by atoms with Gasteiger partial charge in [0.05, 0.1) is 20.6 Å². The smallest absolute Gasteiger partial charge is 0.203 e. The molecule has 6 nitrogen and oxygen atoms in total. The molecule has 0 aromatic heterocycles. The summed E-state index contributed by atoms with van der Waals surface area (Å²) in [5.74, 6) is -0.256. The van der Waals surface area contributed by atoms with Crippen LogP contribution in [0, 0.1) is 0 Å². The number of hydrogen-bond acceptors (Lipinski definition) is 6. The molecule has 23 heavy (non-hydrogen) atoms. The van der Waals surface area contributed by atoms with Gasteiger partial charge in [-0.25, -0.2) is 0 Å². The minimum atomic E-state index is -0.492. The number of ether oxygens (including phenoxy) is 3. The quantitative estimate of drug-likeness (QED) is 0.905. The van der Waals surface area contributed by atoms with Crippen LogP contribution in [-0.4, -0.2) is 30.2 Å². The zero-order valence-electron chi connectivity index (χ0n) is 12.7. The third-order valence-corrected chi connectivity index (χ3v) is 3.81. The van der Waals surface area contributed by atoms with E-state index in [0.29, 0.717) is 5.75 Å². The van der Waals surface area contributed by atoms with E-state index in [4.69, 9.17) is 14.2 Å². The van der Waals surface area contributed by atoms with Crippen molar-refractivity contribution in [2.45, 2.75) is 12.5 Å². The lowest BCUT2D eigenvalue weighted by atomic mass is 9.95. The Bertz CT molecular complexity index is 751. The SMILES string of the molecule is COc1ccc([C@@H]2CC(=O)c3c(cc(O)c(OC)c3O)O2)cc1. The van der Waals surface area contributed by atoms with Crippen LogP contribution in [0.3, 0.4) is 0 Å². The molecular formula is C17H16O6. The monoisotopic (exact) mass is 316 g/mol. The Balaban J connectivity index is 1.98. The van der Waals surface area contributed by atoms with Crippen molar-refractivity contribution in [3.8, 4) is 28.7 Å². The first-order valence-electron chi connectivity index (χ1n) is 7.02. The van der Waals surface area contributed by atoms with Gasteiger partial charge in [-0.05, 0) is 17.7 Å². The second-order valence-electron chi connectivity index (χ2n) is 5.16. The van der Waals surface area contributed by atoms with Crippen LogP contribution in [0.1, 0.15) is 28.4 Å². The normalized spacial score (nSPS) is 16.4. The van der Waals surface area contributed by atoms with Gasteiger partial charge in [0, 0.05) is 6.07 Å². The summed E-state index contributed by atoms with van der Waals surface area (Å²) in [6, 6.07) is 8.46. The molecule has 2 aromatic carbocycles. The zero-order chi connectivity index (χ0) is 16.6. The predicted molar refractivity (Wildman–Crippen MR) is 81.6 cm³/mol. The fraction of sp³-hybridized carbons (Fsp3) is 0.235. The minimum absolute atomic E-state index is 0.0319. The largest absolute Gasteiger partial charge is 0.504 e. The van der Waals surface area contributed by atoms with Gasteiger partial charge in [-0.2, -0.15) is 0 Å². The Morgan fingerprint density at radius 1 is 1.13 bits per heavy atom. The van der Waals surface area contributed by atoms with Crippen molar-refractivity contribution in [2.75, 3.05) is 14.2 Å². The van der Waals surface area contributed by atoms with Gasteiger partial charge in [0.15, 0.2) is 17.3 Å². The molecule has 2 aromatic rings. The number of ketones is 1.